The molecule has 0 aliphatic carbocycles. The molecule has 0 saturated carbocycles. The van der Waals surface area contributed by atoms with Gasteiger partial charge in [0.15, 0.2) is 6.10 Å². The van der Waals surface area contributed by atoms with Crippen LogP contribution in [0.2, 0.25) is 0 Å². The molecule has 0 saturated heterocycles. The maximum absolute atomic E-state index is 12.4. The second-order valence-electron chi connectivity index (χ2n) is 7.94. The van der Waals surface area contributed by atoms with Crippen molar-refractivity contribution >= 4 is 16.1 Å². The highest BCUT2D eigenvalue weighted by Gasteiger charge is 2.29. The van der Waals surface area contributed by atoms with Gasteiger partial charge in [0, 0.05) is 13.0 Å². The van der Waals surface area contributed by atoms with E-state index in [2.05, 4.69) is 0 Å². The Kier molecular flexibility index (Phi) is 12.8. The Morgan fingerprint density at radius 2 is 1.44 bits per heavy atom. The summed E-state index contributed by atoms with van der Waals surface area (Å²) in [5.74, 6) is -0.106. The quantitative estimate of drug-likeness (QED) is 0.202. The minimum absolute atomic E-state index is 0.0503. The highest BCUT2D eigenvalue weighted by Crippen LogP contribution is 2.18. The third-order valence-corrected chi connectivity index (χ3v) is 4.33. The Balaban J connectivity index is 2.42. The molecule has 0 bridgehead atoms. The molecule has 0 aliphatic heterocycles. The number of benzene rings is 1. The molecule has 9 nitrogen and oxygen atoms in total. The zero-order chi connectivity index (χ0) is 24.0. The molecule has 0 fully saturated rings. The van der Waals surface area contributed by atoms with E-state index in [1.165, 1.54) is 0 Å². The number of carbonyl (C=O) groups excluding carboxylic acids is 1. The summed E-state index contributed by atoms with van der Waals surface area (Å²) in [5, 5.41) is 0. The van der Waals surface area contributed by atoms with Crippen molar-refractivity contribution < 1.29 is 41.1 Å². The standard InChI is InChI=1S/C22H36O9S/c1-6-26-11-12-27-13-14-28-15-16-29-19-9-7-18(8-10-19)17-20(31-32(5,24)25)21(23)30-22(2,3)4/h7-10,20H,6,11-17H2,1-5H3. The van der Waals surface area contributed by atoms with E-state index in [9.17, 15) is 13.2 Å². The lowest BCUT2D eigenvalue weighted by Crippen LogP contribution is -2.36. The number of esters is 1. The predicted molar refractivity (Wildman–Crippen MR) is 119 cm³/mol. The molecule has 184 valence electrons. The summed E-state index contributed by atoms with van der Waals surface area (Å²) < 4.78 is 54.9. The molecule has 1 aromatic carbocycles. The van der Waals surface area contributed by atoms with E-state index in [0.717, 1.165) is 6.26 Å². The summed E-state index contributed by atoms with van der Waals surface area (Å²) in [4.78, 5) is 12.4. The normalized spacial score (nSPS) is 13.0. The molecular weight excluding hydrogens is 440 g/mol. The molecule has 0 aliphatic rings. The number of hydrogen-bond donors (Lipinski definition) is 0. The highest BCUT2D eigenvalue weighted by atomic mass is 32.2. The summed E-state index contributed by atoms with van der Waals surface area (Å²) in [5.41, 5.74) is -0.0525. The molecular formula is C22H36O9S. The first-order chi connectivity index (χ1) is 15.0. The van der Waals surface area contributed by atoms with Crippen LogP contribution < -0.4 is 4.74 Å². The van der Waals surface area contributed by atoms with Crippen LogP contribution in [0.1, 0.15) is 33.3 Å². The molecule has 0 heterocycles. The van der Waals surface area contributed by atoms with Crippen molar-refractivity contribution in [2.75, 3.05) is 52.5 Å². The largest absolute Gasteiger partial charge is 0.491 e. The van der Waals surface area contributed by atoms with E-state index in [0.29, 0.717) is 57.6 Å². The molecule has 1 atom stereocenters. The lowest BCUT2D eigenvalue weighted by atomic mass is 10.1. The van der Waals surface area contributed by atoms with Gasteiger partial charge in [-0.05, 0) is 45.4 Å². The van der Waals surface area contributed by atoms with Gasteiger partial charge in [-0.2, -0.15) is 8.42 Å². The average Bonchev–Trinajstić information content (AvgIpc) is 2.68. The smallest absolute Gasteiger partial charge is 0.337 e. The van der Waals surface area contributed by atoms with Crippen LogP contribution in [-0.4, -0.2) is 78.6 Å². The van der Waals surface area contributed by atoms with E-state index >= 15 is 0 Å². The van der Waals surface area contributed by atoms with Gasteiger partial charge in [-0.1, -0.05) is 12.1 Å². The van der Waals surface area contributed by atoms with Crippen molar-refractivity contribution in [1.29, 1.82) is 0 Å². The van der Waals surface area contributed by atoms with Gasteiger partial charge >= 0.3 is 5.97 Å². The number of hydrogen-bond acceptors (Lipinski definition) is 9. The summed E-state index contributed by atoms with van der Waals surface area (Å²) in [7, 11) is -3.83. The van der Waals surface area contributed by atoms with Crippen LogP contribution >= 0.6 is 0 Å². The van der Waals surface area contributed by atoms with Crippen molar-refractivity contribution in [1.82, 2.24) is 0 Å². The highest BCUT2D eigenvalue weighted by molar-refractivity contribution is 7.86. The minimum Gasteiger partial charge on any atom is -0.491 e. The van der Waals surface area contributed by atoms with E-state index in [1.807, 2.05) is 6.92 Å². The van der Waals surface area contributed by atoms with Crippen LogP contribution in [0.4, 0.5) is 0 Å². The second kappa shape index (κ2) is 14.4. The molecule has 1 aromatic rings. The van der Waals surface area contributed by atoms with Crippen molar-refractivity contribution in [3.8, 4) is 5.75 Å². The monoisotopic (exact) mass is 476 g/mol. The summed E-state index contributed by atoms with van der Waals surface area (Å²) in [6.45, 7) is 10.6. The average molecular weight is 477 g/mol. The number of rotatable bonds is 16. The number of carbonyl (C=O) groups is 1. The van der Waals surface area contributed by atoms with E-state index < -0.39 is 27.8 Å². The van der Waals surface area contributed by atoms with Crippen LogP contribution in [0.3, 0.4) is 0 Å². The molecule has 0 spiro atoms. The summed E-state index contributed by atoms with van der Waals surface area (Å²) >= 11 is 0. The van der Waals surface area contributed by atoms with Crippen LogP contribution in [-0.2, 0) is 44.5 Å². The Morgan fingerprint density at radius 1 is 0.906 bits per heavy atom. The Bertz CT molecular complexity index is 755. The van der Waals surface area contributed by atoms with Gasteiger partial charge in [0.05, 0.1) is 39.3 Å². The first-order valence-corrected chi connectivity index (χ1v) is 12.4. The zero-order valence-electron chi connectivity index (χ0n) is 19.6. The van der Waals surface area contributed by atoms with Crippen LogP contribution in [0.25, 0.3) is 0 Å². The molecule has 1 unspecified atom stereocenters. The van der Waals surface area contributed by atoms with Crippen molar-refractivity contribution in [2.45, 2.75) is 45.8 Å². The maximum Gasteiger partial charge on any atom is 0.337 e. The Hall–Kier alpha value is -1.72. The predicted octanol–water partition coefficient (Wildman–Crippen LogP) is 2.36. The third kappa shape index (κ3) is 14.4. The van der Waals surface area contributed by atoms with Gasteiger partial charge < -0.3 is 23.7 Å². The Labute approximate surface area is 191 Å². The maximum atomic E-state index is 12.4. The second-order valence-corrected chi connectivity index (χ2v) is 9.54. The van der Waals surface area contributed by atoms with Crippen LogP contribution in [0.5, 0.6) is 5.75 Å². The van der Waals surface area contributed by atoms with Crippen molar-refractivity contribution in [3.05, 3.63) is 29.8 Å². The molecule has 1 rings (SSSR count). The fourth-order valence-electron chi connectivity index (χ4n) is 2.47. The summed E-state index contributed by atoms with van der Waals surface area (Å²) in [6, 6.07) is 6.95. The minimum atomic E-state index is -3.83. The molecule has 0 aromatic heterocycles. The topological polar surface area (TPSA) is 107 Å². The van der Waals surface area contributed by atoms with Crippen LogP contribution in [0, 0.1) is 0 Å². The van der Waals surface area contributed by atoms with E-state index in [1.54, 1.807) is 45.0 Å². The van der Waals surface area contributed by atoms with Crippen LogP contribution in [0.15, 0.2) is 24.3 Å². The fraction of sp³-hybridized carbons (Fsp3) is 0.682. The first kappa shape index (κ1) is 28.3. The lowest BCUT2D eigenvalue weighted by Gasteiger charge is -2.23. The SMILES string of the molecule is CCOCCOCCOCCOc1ccc(CC(OS(C)(=O)=O)C(=O)OC(C)(C)C)cc1. The number of ether oxygens (including phenoxy) is 5. The van der Waals surface area contributed by atoms with Gasteiger partial charge in [0.25, 0.3) is 10.1 Å². The first-order valence-electron chi connectivity index (χ1n) is 10.6. The molecule has 0 radical (unpaired) electrons. The summed E-state index contributed by atoms with van der Waals surface area (Å²) in [6.07, 6.45) is -0.314. The fourth-order valence-corrected chi connectivity index (χ4v) is 3.04. The molecule has 32 heavy (non-hydrogen) atoms. The van der Waals surface area contributed by atoms with E-state index in [4.69, 9.17) is 27.9 Å². The Morgan fingerprint density at radius 3 is 1.94 bits per heavy atom. The van der Waals surface area contributed by atoms with Gasteiger partial charge in [0.2, 0.25) is 0 Å². The molecule has 0 N–H and O–H groups in total. The van der Waals surface area contributed by atoms with E-state index in [-0.39, 0.29) is 6.42 Å². The van der Waals surface area contributed by atoms with Gasteiger partial charge in [-0.3, -0.25) is 4.18 Å². The molecule has 10 heteroatoms. The lowest BCUT2D eigenvalue weighted by molar-refractivity contribution is -0.163. The van der Waals surface area contributed by atoms with Gasteiger partial charge in [0.1, 0.15) is 18.0 Å². The van der Waals surface area contributed by atoms with Gasteiger partial charge in [-0.25, -0.2) is 4.79 Å². The van der Waals surface area contributed by atoms with Gasteiger partial charge in [-0.15, -0.1) is 0 Å². The molecule has 0 amide bonds. The third-order valence-electron chi connectivity index (χ3n) is 3.75. The van der Waals surface area contributed by atoms with Crippen molar-refractivity contribution in [3.63, 3.8) is 0 Å². The van der Waals surface area contributed by atoms with Crippen molar-refractivity contribution in [2.24, 2.45) is 0 Å². The zero-order valence-corrected chi connectivity index (χ0v) is 20.4.